The number of carboxylic acid groups (broad SMARTS) is 1. The van der Waals surface area contributed by atoms with Crippen molar-refractivity contribution in [2.45, 2.75) is 31.8 Å². The fraction of sp³-hybridized carbons (Fsp3) is 0.900. The van der Waals surface area contributed by atoms with E-state index in [1.807, 2.05) is 0 Å². The maximum atomic E-state index is 11.1. The molecule has 2 saturated carbocycles. The van der Waals surface area contributed by atoms with Crippen LogP contribution in [0.3, 0.4) is 0 Å². The summed E-state index contributed by atoms with van der Waals surface area (Å²) in [6.45, 7) is 0.779. The fourth-order valence-corrected chi connectivity index (χ4v) is 3.63. The van der Waals surface area contributed by atoms with E-state index < -0.39 is 5.97 Å². The summed E-state index contributed by atoms with van der Waals surface area (Å²) in [7, 11) is 0. The summed E-state index contributed by atoms with van der Waals surface area (Å²) in [6.07, 6.45) is 4.60. The molecule has 3 fully saturated rings. The molecule has 1 N–H and O–H groups in total. The number of carbonyl (C=O) groups is 1. The lowest BCUT2D eigenvalue weighted by molar-refractivity contribution is -0.214. The average Bonchev–Trinajstić information content (AvgIpc) is 2.30. The van der Waals surface area contributed by atoms with Gasteiger partial charge in [0.2, 0.25) is 0 Å². The molecule has 1 heterocycles. The van der Waals surface area contributed by atoms with Crippen molar-refractivity contribution in [3.8, 4) is 0 Å². The fourth-order valence-electron chi connectivity index (χ4n) is 3.63. The Bertz CT molecular complexity index is 257. The first kappa shape index (κ1) is 7.80. The summed E-state index contributed by atoms with van der Waals surface area (Å²) < 4.78 is 5.63. The van der Waals surface area contributed by atoms with Gasteiger partial charge >= 0.3 is 5.97 Å². The zero-order valence-electron chi connectivity index (χ0n) is 7.53. The number of carboxylic acids is 1. The molecule has 0 aromatic rings. The first-order chi connectivity index (χ1) is 6.26. The van der Waals surface area contributed by atoms with E-state index in [-0.39, 0.29) is 11.3 Å². The summed E-state index contributed by atoms with van der Waals surface area (Å²) in [5.74, 6) is -0.349. The first-order valence-corrected chi connectivity index (χ1v) is 5.10. The summed E-state index contributed by atoms with van der Waals surface area (Å²) >= 11 is 0. The third-order valence-electron chi connectivity index (χ3n) is 4.30. The second kappa shape index (κ2) is 2.27. The van der Waals surface area contributed by atoms with Gasteiger partial charge in [0.15, 0.2) is 0 Å². The summed E-state index contributed by atoms with van der Waals surface area (Å²) in [5.41, 5.74) is 0.0625. The number of hydrogen-bond donors (Lipinski definition) is 1. The van der Waals surface area contributed by atoms with Gasteiger partial charge in [0, 0.05) is 17.9 Å². The lowest BCUT2D eigenvalue weighted by Crippen LogP contribution is -2.65. The van der Waals surface area contributed by atoms with E-state index in [1.165, 1.54) is 6.42 Å². The number of ether oxygens (including phenoxy) is 1. The van der Waals surface area contributed by atoms with Crippen LogP contribution in [0.15, 0.2) is 0 Å². The van der Waals surface area contributed by atoms with Crippen LogP contribution < -0.4 is 0 Å². The highest BCUT2D eigenvalue weighted by atomic mass is 16.5. The Morgan fingerprint density at radius 3 is 2.77 bits per heavy atom. The van der Waals surface area contributed by atoms with Crippen LogP contribution in [0.4, 0.5) is 0 Å². The Morgan fingerprint density at radius 2 is 2.23 bits per heavy atom. The Labute approximate surface area is 77.1 Å². The molecule has 3 rings (SSSR count). The van der Waals surface area contributed by atoms with Crippen LogP contribution in [-0.2, 0) is 9.53 Å². The van der Waals surface area contributed by atoms with Crippen LogP contribution in [0.1, 0.15) is 25.7 Å². The Morgan fingerprint density at radius 1 is 1.46 bits per heavy atom. The normalized spacial score (nSPS) is 45.1. The van der Waals surface area contributed by atoms with Gasteiger partial charge in [-0.3, -0.25) is 4.79 Å². The Kier molecular flexibility index (Phi) is 1.36. The molecule has 1 spiro atoms. The van der Waals surface area contributed by atoms with Crippen LogP contribution in [0.5, 0.6) is 0 Å². The van der Waals surface area contributed by atoms with Crippen molar-refractivity contribution in [1.29, 1.82) is 0 Å². The number of fused-ring (bicyclic) bond motifs is 2. The molecule has 3 nitrogen and oxygen atoms in total. The van der Waals surface area contributed by atoms with E-state index in [4.69, 9.17) is 9.84 Å². The van der Waals surface area contributed by atoms with Gasteiger partial charge in [-0.05, 0) is 19.3 Å². The van der Waals surface area contributed by atoms with E-state index in [0.717, 1.165) is 25.9 Å². The van der Waals surface area contributed by atoms with E-state index in [9.17, 15) is 4.79 Å². The van der Waals surface area contributed by atoms with Gasteiger partial charge in [0.25, 0.3) is 0 Å². The lowest BCUT2D eigenvalue weighted by atomic mass is 9.43. The molecular weight excluding hydrogens is 168 g/mol. The second-order valence-electron chi connectivity index (χ2n) is 4.65. The van der Waals surface area contributed by atoms with E-state index in [1.54, 1.807) is 0 Å². The molecule has 2 aliphatic carbocycles. The van der Waals surface area contributed by atoms with Gasteiger partial charge in [0.05, 0.1) is 12.0 Å². The van der Waals surface area contributed by atoms with E-state index >= 15 is 0 Å². The van der Waals surface area contributed by atoms with Crippen LogP contribution in [0, 0.1) is 17.3 Å². The quantitative estimate of drug-likeness (QED) is 0.664. The van der Waals surface area contributed by atoms with Gasteiger partial charge in [-0.1, -0.05) is 6.42 Å². The van der Waals surface area contributed by atoms with Gasteiger partial charge < -0.3 is 9.84 Å². The SMILES string of the molecule is O=C(O)[C@@H]1[C@H]2CCO[C@H]2C12CCC2. The predicted octanol–water partition coefficient (Wildman–Crippen LogP) is 1.28. The molecule has 3 heteroatoms. The van der Waals surface area contributed by atoms with Crippen molar-refractivity contribution in [3.63, 3.8) is 0 Å². The van der Waals surface area contributed by atoms with Crippen molar-refractivity contribution in [1.82, 2.24) is 0 Å². The Balaban J connectivity index is 1.89. The standard InChI is InChI=1S/C10H14O3/c11-9(12)7-6-2-5-13-8(6)10(7)3-1-4-10/h6-8H,1-5H2,(H,11,12)/t6-,7+,8-/m1/s1. The third kappa shape index (κ3) is 0.725. The monoisotopic (exact) mass is 182 g/mol. The minimum atomic E-state index is -0.591. The van der Waals surface area contributed by atoms with Gasteiger partial charge in [-0.15, -0.1) is 0 Å². The smallest absolute Gasteiger partial charge is 0.307 e. The molecule has 0 bridgehead atoms. The molecule has 0 aromatic heterocycles. The second-order valence-corrected chi connectivity index (χ2v) is 4.65. The number of aliphatic carboxylic acids is 1. The average molecular weight is 182 g/mol. The van der Waals surface area contributed by atoms with Crippen molar-refractivity contribution in [2.75, 3.05) is 6.61 Å². The highest BCUT2D eigenvalue weighted by Crippen LogP contribution is 2.66. The van der Waals surface area contributed by atoms with Gasteiger partial charge in [-0.2, -0.15) is 0 Å². The maximum absolute atomic E-state index is 11.1. The van der Waals surface area contributed by atoms with E-state index in [0.29, 0.717) is 12.0 Å². The summed E-state index contributed by atoms with van der Waals surface area (Å²) in [4.78, 5) is 11.1. The summed E-state index contributed by atoms with van der Waals surface area (Å²) in [6, 6.07) is 0. The highest BCUT2D eigenvalue weighted by Gasteiger charge is 2.69. The number of hydrogen-bond acceptors (Lipinski definition) is 2. The molecule has 0 radical (unpaired) electrons. The van der Waals surface area contributed by atoms with Crippen LogP contribution >= 0.6 is 0 Å². The van der Waals surface area contributed by atoms with Crippen LogP contribution in [-0.4, -0.2) is 23.8 Å². The minimum absolute atomic E-state index is 0.0625. The largest absolute Gasteiger partial charge is 0.481 e. The molecule has 3 aliphatic rings. The molecule has 3 atom stereocenters. The summed E-state index contributed by atoms with van der Waals surface area (Å²) in [5, 5.41) is 9.13. The van der Waals surface area contributed by atoms with Crippen molar-refractivity contribution in [3.05, 3.63) is 0 Å². The van der Waals surface area contributed by atoms with Gasteiger partial charge in [-0.25, -0.2) is 0 Å². The maximum Gasteiger partial charge on any atom is 0.307 e. The molecule has 72 valence electrons. The van der Waals surface area contributed by atoms with Gasteiger partial charge in [0.1, 0.15) is 0 Å². The van der Waals surface area contributed by atoms with Crippen molar-refractivity contribution < 1.29 is 14.6 Å². The molecule has 1 aliphatic heterocycles. The molecule has 1 saturated heterocycles. The number of rotatable bonds is 1. The Hall–Kier alpha value is -0.570. The topological polar surface area (TPSA) is 46.5 Å². The van der Waals surface area contributed by atoms with Crippen LogP contribution in [0.25, 0.3) is 0 Å². The molecular formula is C10H14O3. The van der Waals surface area contributed by atoms with E-state index in [2.05, 4.69) is 0 Å². The zero-order chi connectivity index (χ0) is 9.05. The molecule has 0 amide bonds. The first-order valence-electron chi connectivity index (χ1n) is 5.10. The zero-order valence-corrected chi connectivity index (χ0v) is 7.53. The van der Waals surface area contributed by atoms with Crippen molar-refractivity contribution in [2.24, 2.45) is 17.3 Å². The molecule has 0 unspecified atom stereocenters. The van der Waals surface area contributed by atoms with Crippen LogP contribution in [0.2, 0.25) is 0 Å². The molecule has 13 heavy (non-hydrogen) atoms. The highest BCUT2D eigenvalue weighted by molar-refractivity contribution is 5.74. The van der Waals surface area contributed by atoms with Crippen molar-refractivity contribution >= 4 is 5.97 Å². The third-order valence-corrected chi connectivity index (χ3v) is 4.30. The lowest BCUT2D eigenvalue weighted by Gasteiger charge is -2.61. The predicted molar refractivity (Wildman–Crippen MR) is 45.3 cm³/mol. The molecule has 0 aromatic carbocycles. The minimum Gasteiger partial charge on any atom is -0.481 e.